The standard InChI is InChI=1S/C21H31NO9/c1-11-4-5-14-12(2)18(27-17(26)7-6-15(23)22-10-16(24)25)28-19-21(14)13(11)8-9-20(3,29-19)30-31-21/h11-14,18-19H,4-10H2,1-3H3,(H,22,23)(H,24,25)/t11-,12-,13+,14+,18-,19-,20-,21+/m1/s1. The SMILES string of the molecule is C[C@H]1[C@H](OC(=O)CCC(=O)NCC(=O)O)O[C@@H]2O[C@@]3(C)CC[C@H]4[C@H](C)CC[C@@H]1[C@]24OO3. The zero-order valence-electron chi connectivity index (χ0n) is 18.1. The molecule has 4 heterocycles. The number of carbonyl (C=O) groups excluding carboxylic acids is 2. The number of ether oxygens (including phenoxy) is 3. The molecule has 10 heteroatoms. The molecule has 10 nitrogen and oxygen atoms in total. The molecule has 0 aromatic heterocycles. The van der Waals surface area contributed by atoms with Gasteiger partial charge in [0.2, 0.25) is 18.0 Å². The predicted octanol–water partition coefficient (Wildman–Crippen LogP) is 1.72. The van der Waals surface area contributed by atoms with E-state index in [2.05, 4.69) is 12.2 Å². The highest BCUT2D eigenvalue weighted by molar-refractivity contribution is 5.84. The highest BCUT2D eigenvalue weighted by atomic mass is 17.3. The van der Waals surface area contributed by atoms with Crippen LogP contribution in [0.25, 0.3) is 0 Å². The van der Waals surface area contributed by atoms with E-state index in [4.69, 9.17) is 29.1 Å². The summed E-state index contributed by atoms with van der Waals surface area (Å²) in [6, 6.07) is 0. The van der Waals surface area contributed by atoms with Crippen LogP contribution in [0.3, 0.4) is 0 Å². The van der Waals surface area contributed by atoms with Gasteiger partial charge in [-0.1, -0.05) is 13.8 Å². The Morgan fingerprint density at radius 1 is 1.10 bits per heavy atom. The topological polar surface area (TPSA) is 130 Å². The second kappa shape index (κ2) is 8.31. The van der Waals surface area contributed by atoms with Crippen molar-refractivity contribution in [3.8, 4) is 0 Å². The van der Waals surface area contributed by atoms with Crippen molar-refractivity contribution < 1.29 is 43.5 Å². The Hall–Kier alpha value is -1.75. The monoisotopic (exact) mass is 441 g/mol. The minimum atomic E-state index is -1.15. The summed E-state index contributed by atoms with van der Waals surface area (Å²) in [7, 11) is 0. The average Bonchev–Trinajstić information content (AvgIpc) is 2.94. The Morgan fingerprint density at radius 2 is 1.87 bits per heavy atom. The van der Waals surface area contributed by atoms with Crippen molar-refractivity contribution in [3.63, 3.8) is 0 Å². The maximum atomic E-state index is 12.4. The summed E-state index contributed by atoms with van der Waals surface area (Å²) in [5.41, 5.74) is -0.729. The largest absolute Gasteiger partial charge is 0.480 e. The predicted molar refractivity (Wildman–Crippen MR) is 103 cm³/mol. The first-order valence-electron chi connectivity index (χ1n) is 11.0. The van der Waals surface area contributed by atoms with Gasteiger partial charge in [-0.2, -0.15) is 0 Å². The van der Waals surface area contributed by atoms with Gasteiger partial charge in [0.1, 0.15) is 6.54 Å². The molecule has 2 N–H and O–H groups in total. The van der Waals surface area contributed by atoms with E-state index in [0.29, 0.717) is 12.3 Å². The number of hydrogen-bond donors (Lipinski definition) is 2. The lowest BCUT2D eigenvalue weighted by atomic mass is 9.58. The molecule has 0 aromatic rings. The maximum Gasteiger partial charge on any atom is 0.322 e. The van der Waals surface area contributed by atoms with E-state index >= 15 is 0 Å². The maximum absolute atomic E-state index is 12.4. The zero-order chi connectivity index (χ0) is 22.4. The van der Waals surface area contributed by atoms with E-state index in [0.717, 1.165) is 19.3 Å². The molecular formula is C21H31NO9. The molecular weight excluding hydrogens is 410 g/mol. The van der Waals surface area contributed by atoms with E-state index in [1.165, 1.54) is 0 Å². The van der Waals surface area contributed by atoms with Crippen LogP contribution >= 0.6 is 0 Å². The third-order valence-corrected chi connectivity index (χ3v) is 7.34. The summed E-state index contributed by atoms with van der Waals surface area (Å²) in [4.78, 5) is 46.4. The molecule has 31 heavy (non-hydrogen) atoms. The lowest BCUT2D eigenvalue weighted by molar-refractivity contribution is -0.576. The first-order valence-corrected chi connectivity index (χ1v) is 11.0. The number of nitrogens with one attached hydrogen (secondary N) is 1. The van der Waals surface area contributed by atoms with Gasteiger partial charge in [-0.15, -0.1) is 0 Å². The van der Waals surface area contributed by atoms with Crippen LogP contribution in [0.4, 0.5) is 0 Å². The Bertz CT molecular complexity index is 744. The van der Waals surface area contributed by atoms with Crippen LogP contribution in [-0.4, -0.2) is 53.5 Å². The van der Waals surface area contributed by atoms with E-state index in [1.54, 1.807) is 0 Å². The molecule has 1 aliphatic carbocycles. The Kier molecular flexibility index (Phi) is 6.01. The number of aliphatic carboxylic acids is 1. The molecule has 0 radical (unpaired) electrons. The van der Waals surface area contributed by atoms with Crippen molar-refractivity contribution in [2.24, 2.45) is 23.7 Å². The number of carboxylic acids is 1. The molecule has 5 fully saturated rings. The molecule has 1 amide bonds. The fourth-order valence-corrected chi connectivity index (χ4v) is 5.67. The first kappa shape index (κ1) is 22.4. The van der Waals surface area contributed by atoms with Crippen LogP contribution in [0.15, 0.2) is 0 Å². The van der Waals surface area contributed by atoms with Gasteiger partial charge in [-0.3, -0.25) is 14.4 Å². The molecule has 8 atom stereocenters. The molecule has 0 aromatic carbocycles. The summed E-state index contributed by atoms with van der Waals surface area (Å²) in [6.45, 7) is 5.54. The quantitative estimate of drug-likeness (QED) is 0.467. The van der Waals surface area contributed by atoms with Gasteiger partial charge in [-0.25, -0.2) is 9.78 Å². The van der Waals surface area contributed by atoms with Crippen molar-refractivity contribution in [3.05, 3.63) is 0 Å². The van der Waals surface area contributed by atoms with Gasteiger partial charge in [-0.05, 0) is 38.0 Å². The fourth-order valence-electron chi connectivity index (χ4n) is 5.67. The number of carboxylic acid groups (broad SMARTS) is 1. The van der Waals surface area contributed by atoms with Crippen LogP contribution in [0, 0.1) is 23.7 Å². The number of esters is 1. The van der Waals surface area contributed by atoms with Crippen LogP contribution in [0.5, 0.6) is 0 Å². The molecule has 0 unspecified atom stereocenters. The summed E-state index contributed by atoms with van der Waals surface area (Å²) in [5.74, 6) is -2.62. The van der Waals surface area contributed by atoms with Crippen LogP contribution < -0.4 is 5.32 Å². The van der Waals surface area contributed by atoms with E-state index in [1.807, 2.05) is 13.8 Å². The van der Waals surface area contributed by atoms with Gasteiger partial charge < -0.3 is 24.6 Å². The third kappa shape index (κ3) is 4.06. The molecule has 4 saturated heterocycles. The number of fused-ring (bicyclic) bond motifs is 2. The van der Waals surface area contributed by atoms with Gasteiger partial charge in [0.15, 0.2) is 11.9 Å². The van der Waals surface area contributed by atoms with Crippen molar-refractivity contribution in [1.82, 2.24) is 5.32 Å². The minimum absolute atomic E-state index is 0.0340. The number of amides is 1. The smallest absolute Gasteiger partial charge is 0.322 e. The first-order chi connectivity index (χ1) is 14.6. The molecule has 174 valence electrons. The summed E-state index contributed by atoms with van der Waals surface area (Å²) in [5, 5.41) is 10.8. The number of hydrogen-bond acceptors (Lipinski definition) is 8. The highest BCUT2D eigenvalue weighted by Crippen LogP contribution is 2.60. The van der Waals surface area contributed by atoms with Crippen molar-refractivity contribution in [2.75, 3.05) is 6.54 Å². The lowest BCUT2D eigenvalue weighted by Gasteiger charge is -2.59. The second-order valence-corrected chi connectivity index (χ2v) is 9.43. The van der Waals surface area contributed by atoms with Gasteiger partial charge in [0.25, 0.3) is 0 Å². The fraction of sp³-hybridized carbons (Fsp3) is 0.857. The van der Waals surface area contributed by atoms with Crippen LogP contribution in [-0.2, 0) is 38.4 Å². The lowest BCUT2D eigenvalue weighted by Crippen LogP contribution is -2.70. The molecule has 4 aliphatic heterocycles. The Labute approximate surface area is 180 Å². The van der Waals surface area contributed by atoms with Crippen LogP contribution in [0.2, 0.25) is 0 Å². The summed E-state index contributed by atoms with van der Waals surface area (Å²) >= 11 is 0. The third-order valence-electron chi connectivity index (χ3n) is 7.34. The number of rotatable bonds is 6. The van der Waals surface area contributed by atoms with Crippen LogP contribution in [0.1, 0.15) is 59.3 Å². The van der Waals surface area contributed by atoms with Gasteiger partial charge in [0, 0.05) is 24.7 Å². The van der Waals surface area contributed by atoms with Crippen molar-refractivity contribution >= 4 is 17.8 Å². The van der Waals surface area contributed by atoms with Gasteiger partial charge >= 0.3 is 11.9 Å². The zero-order valence-corrected chi connectivity index (χ0v) is 18.1. The Morgan fingerprint density at radius 3 is 2.61 bits per heavy atom. The van der Waals surface area contributed by atoms with E-state index < -0.39 is 48.4 Å². The average molecular weight is 441 g/mol. The molecule has 2 bridgehead atoms. The van der Waals surface area contributed by atoms with E-state index in [9.17, 15) is 14.4 Å². The summed E-state index contributed by atoms with van der Waals surface area (Å²) < 4.78 is 18.0. The minimum Gasteiger partial charge on any atom is -0.480 e. The number of carbonyl (C=O) groups is 3. The molecule has 1 spiro atoms. The van der Waals surface area contributed by atoms with Gasteiger partial charge in [0.05, 0.1) is 6.42 Å². The molecule has 5 rings (SSSR count). The normalized spacial score (nSPS) is 43.5. The van der Waals surface area contributed by atoms with E-state index in [-0.39, 0.29) is 30.6 Å². The summed E-state index contributed by atoms with van der Waals surface area (Å²) in [6.07, 6.45) is 1.67. The van der Waals surface area contributed by atoms with Crippen molar-refractivity contribution in [1.29, 1.82) is 0 Å². The van der Waals surface area contributed by atoms with Crippen molar-refractivity contribution in [2.45, 2.75) is 83.3 Å². The highest BCUT2D eigenvalue weighted by Gasteiger charge is 2.69. The Balaban J connectivity index is 1.44. The molecule has 1 saturated carbocycles. The molecule has 5 aliphatic rings. The second-order valence-electron chi connectivity index (χ2n) is 9.43.